The molecular weight excluding hydrogens is 421 g/mol. The van der Waals surface area contributed by atoms with E-state index in [1.54, 1.807) is 21.3 Å². The Bertz CT molecular complexity index is 562. The number of nitrogens with zero attached hydrogens (tertiary/aromatic N) is 1. The Morgan fingerprint density at radius 1 is 1.33 bits per heavy atom. The Hall–Kier alpha value is -1.22. The molecule has 2 rings (SSSR count). The number of rotatable bonds is 6. The highest BCUT2D eigenvalue weighted by molar-refractivity contribution is 14.0. The van der Waals surface area contributed by atoms with E-state index in [0.29, 0.717) is 0 Å². The SMILES string of the molecule is CN=C(NCC1(C)COC1)NC(C)c1cc(OC)ccc1OC.I. The second-order valence-electron chi connectivity index (χ2n) is 6.20. The summed E-state index contributed by atoms with van der Waals surface area (Å²) in [4.78, 5) is 4.29. The number of hydrogen-bond donors (Lipinski definition) is 2. The maximum atomic E-state index is 5.45. The van der Waals surface area contributed by atoms with Crippen LogP contribution in [0.4, 0.5) is 0 Å². The summed E-state index contributed by atoms with van der Waals surface area (Å²) >= 11 is 0. The van der Waals surface area contributed by atoms with Crippen molar-refractivity contribution in [3.8, 4) is 11.5 Å². The third-order valence-corrected chi connectivity index (χ3v) is 4.06. The van der Waals surface area contributed by atoms with Crippen LogP contribution in [0.5, 0.6) is 11.5 Å². The summed E-state index contributed by atoms with van der Waals surface area (Å²) in [6.07, 6.45) is 0. The third kappa shape index (κ3) is 5.14. The Kier molecular flexibility index (Phi) is 8.08. The molecule has 6 nitrogen and oxygen atoms in total. The van der Waals surface area contributed by atoms with Crippen LogP contribution in [0.1, 0.15) is 25.5 Å². The van der Waals surface area contributed by atoms with Gasteiger partial charge in [-0.25, -0.2) is 0 Å². The van der Waals surface area contributed by atoms with Crippen molar-refractivity contribution in [2.75, 3.05) is 41.0 Å². The lowest BCUT2D eigenvalue weighted by molar-refractivity contribution is -0.0971. The molecule has 1 atom stereocenters. The summed E-state index contributed by atoms with van der Waals surface area (Å²) < 4.78 is 16.0. The standard InChI is InChI=1S/C17H27N3O3.HI/c1-12(14-8-13(21-4)6-7-15(14)22-5)20-16(18-3)19-9-17(2)10-23-11-17;/h6-8,12H,9-11H2,1-5H3,(H2,18,19,20);1H. The zero-order valence-electron chi connectivity index (χ0n) is 15.0. The van der Waals surface area contributed by atoms with Crippen molar-refractivity contribution >= 4 is 29.9 Å². The van der Waals surface area contributed by atoms with Gasteiger partial charge in [0.15, 0.2) is 5.96 Å². The zero-order valence-corrected chi connectivity index (χ0v) is 17.3. The van der Waals surface area contributed by atoms with E-state index in [9.17, 15) is 0 Å². The van der Waals surface area contributed by atoms with Gasteiger partial charge >= 0.3 is 0 Å². The van der Waals surface area contributed by atoms with Crippen LogP contribution in [-0.4, -0.2) is 47.0 Å². The molecule has 7 heteroatoms. The van der Waals surface area contributed by atoms with Crippen molar-refractivity contribution in [2.24, 2.45) is 10.4 Å². The Morgan fingerprint density at radius 3 is 2.54 bits per heavy atom. The largest absolute Gasteiger partial charge is 0.497 e. The van der Waals surface area contributed by atoms with E-state index in [1.165, 1.54) is 0 Å². The van der Waals surface area contributed by atoms with E-state index in [1.807, 2.05) is 18.2 Å². The normalized spacial score (nSPS) is 17.1. The minimum absolute atomic E-state index is 0. The molecular formula is C17H28IN3O3. The highest BCUT2D eigenvalue weighted by atomic mass is 127. The molecule has 0 radical (unpaired) electrons. The lowest BCUT2D eigenvalue weighted by Crippen LogP contribution is -2.51. The van der Waals surface area contributed by atoms with Gasteiger partial charge in [0.05, 0.1) is 33.5 Å². The number of ether oxygens (including phenoxy) is 3. The molecule has 1 aromatic rings. The second-order valence-corrected chi connectivity index (χ2v) is 6.20. The molecule has 0 aliphatic carbocycles. The maximum Gasteiger partial charge on any atom is 0.191 e. The predicted octanol–water partition coefficient (Wildman–Crippen LogP) is 2.58. The van der Waals surface area contributed by atoms with E-state index >= 15 is 0 Å². The molecule has 1 aromatic carbocycles. The number of guanidine groups is 1. The Balaban J connectivity index is 0.00000288. The number of nitrogens with one attached hydrogen (secondary N) is 2. The number of methoxy groups -OCH3 is 2. The van der Waals surface area contributed by atoms with Gasteiger partial charge < -0.3 is 24.8 Å². The summed E-state index contributed by atoms with van der Waals surface area (Å²) in [5.74, 6) is 2.38. The molecule has 24 heavy (non-hydrogen) atoms. The Labute approximate surface area is 161 Å². The molecule has 1 unspecified atom stereocenters. The van der Waals surface area contributed by atoms with E-state index < -0.39 is 0 Å². The first kappa shape index (κ1) is 20.8. The van der Waals surface area contributed by atoms with Gasteiger partial charge in [0.1, 0.15) is 11.5 Å². The van der Waals surface area contributed by atoms with Crippen molar-refractivity contribution < 1.29 is 14.2 Å². The van der Waals surface area contributed by atoms with E-state index in [0.717, 1.165) is 42.8 Å². The minimum Gasteiger partial charge on any atom is -0.497 e. The zero-order chi connectivity index (χ0) is 16.9. The van der Waals surface area contributed by atoms with E-state index in [4.69, 9.17) is 14.2 Å². The van der Waals surface area contributed by atoms with Crippen LogP contribution in [0.25, 0.3) is 0 Å². The smallest absolute Gasteiger partial charge is 0.191 e. The number of hydrogen-bond acceptors (Lipinski definition) is 4. The van der Waals surface area contributed by atoms with Gasteiger partial charge in [0.25, 0.3) is 0 Å². The molecule has 2 N–H and O–H groups in total. The van der Waals surface area contributed by atoms with Gasteiger partial charge in [0.2, 0.25) is 0 Å². The summed E-state index contributed by atoms with van der Waals surface area (Å²) in [6, 6.07) is 5.80. The van der Waals surface area contributed by atoms with Crippen LogP contribution in [0.3, 0.4) is 0 Å². The number of halogens is 1. The van der Waals surface area contributed by atoms with Crippen LogP contribution >= 0.6 is 24.0 Å². The van der Waals surface area contributed by atoms with Crippen LogP contribution in [0.2, 0.25) is 0 Å². The fourth-order valence-electron chi connectivity index (χ4n) is 2.50. The summed E-state index contributed by atoms with van der Waals surface area (Å²) in [5.41, 5.74) is 1.21. The molecule has 1 heterocycles. The topological polar surface area (TPSA) is 64.1 Å². The summed E-state index contributed by atoms with van der Waals surface area (Å²) in [7, 11) is 5.10. The molecule has 0 amide bonds. The van der Waals surface area contributed by atoms with E-state index in [-0.39, 0.29) is 35.4 Å². The first-order chi connectivity index (χ1) is 11.0. The molecule has 0 saturated carbocycles. The molecule has 1 fully saturated rings. The van der Waals surface area contributed by atoms with Gasteiger partial charge in [-0.1, -0.05) is 6.92 Å². The summed E-state index contributed by atoms with van der Waals surface area (Å²) in [6.45, 7) is 6.67. The predicted molar refractivity (Wildman–Crippen MR) is 107 cm³/mol. The molecule has 1 aliphatic rings. The lowest BCUT2D eigenvalue weighted by atomic mass is 9.89. The van der Waals surface area contributed by atoms with Crippen LogP contribution < -0.4 is 20.1 Å². The van der Waals surface area contributed by atoms with Gasteiger partial charge in [-0.2, -0.15) is 0 Å². The van der Waals surface area contributed by atoms with Gasteiger partial charge in [-0.3, -0.25) is 4.99 Å². The van der Waals surface area contributed by atoms with Crippen molar-refractivity contribution in [3.63, 3.8) is 0 Å². The average molecular weight is 449 g/mol. The highest BCUT2D eigenvalue weighted by Gasteiger charge is 2.33. The van der Waals surface area contributed by atoms with Crippen molar-refractivity contribution in [1.82, 2.24) is 10.6 Å². The van der Waals surface area contributed by atoms with Gasteiger partial charge in [0, 0.05) is 24.6 Å². The monoisotopic (exact) mass is 449 g/mol. The summed E-state index contributed by atoms with van der Waals surface area (Å²) in [5, 5.41) is 6.76. The van der Waals surface area contributed by atoms with Crippen LogP contribution in [0.15, 0.2) is 23.2 Å². The van der Waals surface area contributed by atoms with Crippen molar-refractivity contribution in [1.29, 1.82) is 0 Å². The van der Waals surface area contributed by atoms with Gasteiger partial charge in [-0.15, -0.1) is 24.0 Å². The van der Waals surface area contributed by atoms with Crippen LogP contribution in [-0.2, 0) is 4.74 Å². The highest BCUT2D eigenvalue weighted by Crippen LogP contribution is 2.29. The molecule has 136 valence electrons. The first-order valence-electron chi connectivity index (χ1n) is 7.78. The quantitative estimate of drug-likeness (QED) is 0.397. The van der Waals surface area contributed by atoms with Crippen LogP contribution in [0, 0.1) is 5.41 Å². The fraction of sp³-hybridized carbons (Fsp3) is 0.588. The first-order valence-corrected chi connectivity index (χ1v) is 7.78. The molecule has 0 spiro atoms. The second kappa shape index (κ2) is 9.31. The fourth-order valence-corrected chi connectivity index (χ4v) is 2.50. The molecule has 1 aliphatic heterocycles. The number of aliphatic imine (C=N–C) groups is 1. The molecule has 0 aromatic heterocycles. The molecule has 1 saturated heterocycles. The molecule has 0 bridgehead atoms. The number of benzene rings is 1. The maximum absolute atomic E-state index is 5.45. The Morgan fingerprint density at radius 2 is 2.04 bits per heavy atom. The lowest BCUT2D eigenvalue weighted by Gasteiger charge is -2.38. The van der Waals surface area contributed by atoms with Crippen molar-refractivity contribution in [3.05, 3.63) is 23.8 Å². The average Bonchev–Trinajstić information content (AvgIpc) is 2.55. The van der Waals surface area contributed by atoms with E-state index in [2.05, 4.69) is 29.5 Å². The minimum atomic E-state index is 0. The van der Waals surface area contributed by atoms with Crippen molar-refractivity contribution in [2.45, 2.75) is 19.9 Å². The van der Waals surface area contributed by atoms with Gasteiger partial charge in [-0.05, 0) is 25.1 Å². The third-order valence-electron chi connectivity index (χ3n) is 4.06.